The highest BCUT2D eigenvalue weighted by molar-refractivity contribution is 7.89. The third kappa shape index (κ3) is 3.37. The van der Waals surface area contributed by atoms with Gasteiger partial charge in [0, 0.05) is 43.8 Å². The number of hydrogen-bond acceptors (Lipinski definition) is 6. The number of rotatable bonds is 3. The third-order valence-electron chi connectivity index (χ3n) is 5.24. The Kier molecular flexibility index (Phi) is 5.04. The van der Waals surface area contributed by atoms with E-state index in [1.54, 1.807) is 31.3 Å². The van der Waals surface area contributed by atoms with Gasteiger partial charge in [-0.2, -0.15) is 4.31 Å². The molecule has 2 aliphatic rings. The van der Waals surface area contributed by atoms with Crippen molar-refractivity contribution in [2.75, 3.05) is 26.2 Å². The number of hydrogen-bond donors (Lipinski definition) is 2. The summed E-state index contributed by atoms with van der Waals surface area (Å²) in [6, 6.07) is 8.12. The van der Waals surface area contributed by atoms with Crippen LogP contribution in [0.2, 0.25) is 0 Å². The van der Waals surface area contributed by atoms with Crippen LogP contribution in [0.15, 0.2) is 41.4 Å². The highest BCUT2D eigenvalue weighted by atomic mass is 32.2. The first-order valence-electron chi connectivity index (χ1n) is 9.16. The van der Waals surface area contributed by atoms with Gasteiger partial charge in [0.1, 0.15) is 11.2 Å². The second-order valence-electron chi connectivity index (χ2n) is 7.04. The minimum Gasteiger partial charge on any atom is -0.325 e. The van der Waals surface area contributed by atoms with E-state index in [0.717, 1.165) is 5.39 Å². The highest BCUT2D eigenvalue weighted by Crippen LogP contribution is 2.25. The maximum Gasteiger partial charge on any atom is 0.258 e. The van der Waals surface area contributed by atoms with Gasteiger partial charge in [0.15, 0.2) is 6.17 Å². The van der Waals surface area contributed by atoms with Crippen molar-refractivity contribution in [3.05, 3.63) is 36.5 Å². The number of carbonyl (C=O) groups excluding carboxylic acids is 1. The van der Waals surface area contributed by atoms with E-state index in [1.165, 1.54) is 4.31 Å². The molecule has 1 aromatic carbocycles. The Hall–Kier alpha value is -2.14. The molecular formula is C18H22FN5O3S. The molecule has 0 aliphatic carbocycles. The number of nitrogens with one attached hydrogen (secondary N) is 2. The van der Waals surface area contributed by atoms with Gasteiger partial charge >= 0.3 is 0 Å². The lowest BCUT2D eigenvalue weighted by atomic mass is 10.1. The molecule has 10 heteroatoms. The number of piperazine rings is 1. The lowest BCUT2D eigenvalue weighted by molar-refractivity contribution is -0.133. The van der Waals surface area contributed by atoms with Gasteiger partial charge < -0.3 is 5.32 Å². The molecular weight excluding hydrogens is 385 g/mol. The summed E-state index contributed by atoms with van der Waals surface area (Å²) in [5.41, 5.74) is 0.455. The van der Waals surface area contributed by atoms with Crippen molar-refractivity contribution < 1.29 is 17.6 Å². The van der Waals surface area contributed by atoms with Crippen molar-refractivity contribution in [2.45, 2.75) is 30.3 Å². The normalized spacial score (nSPS) is 27.6. The maximum atomic E-state index is 13.7. The summed E-state index contributed by atoms with van der Waals surface area (Å²) in [5, 5.41) is 6.38. The molecule has 3 atom stereocenters. The molecule has 3 heterocycles. The van der Waals surface area contributed by atoms with E-state index in [0.29, 0.717) is 18.6 Å². The van der Waals surface area contributed by atoms with Crippen molar-refractivity contribution in [3.8, 4) is 0 Å². The second-order valence-corrected chi connectivity index (χ2v) is 8.95. The Balaban J connectivity index is 1.49. The van der Waals surface area contributed by atoms with Crippen molar-refractivity contribution in [1.82, 2.24) is 24.8 Å². The fraction of sp³-hybridized carbons (Fsp3) is 0.444. The molecule has 150 valence electrons. The van der Waals surface area contributed by atoms with Gasteiger partial charge in [0.2, 0.25) is 10.0 Å². The molecule has 8 nitrogen and oxygen atoms in total. The number of nitrogens with zero attached hydrogens (tertiary/aromatic N) is 3. The van der Waals surface area contributed by atoms with Gasteiger partial charge in [-0.05, 0) is 19.1 Å². The molecule has 1 amide bonds. The first-order chi connectivity index (χ1) is 13.4. The van der Waals surface area contributed by atoms with Crippen LogP contribution in [-0.2, 0) is 14.8 Å². The zero-order valence-electron chi connectivity index (χ0n) is 15.4. The predicted octanol–water partition coefficient (Wildman–Crippen LogP) is 0.271. The molecule has 2 fully saturated rings. The summed E-state index contributed by atoms with van der Waals surface area (Å²) in [7, 11) is -3.70. The number of amides is 1. The number of fused-ring (bicyclic) bond motifs is 1. The molecule has 4 rings (SSSR count). The van der Waals surface area contributed by atoms with Crippen LogP contribution in [0, 0.1) is 0 Å². The molecule has 28 heavy (non-hydrogen) atoms. The number of aromatic nitrogens is 1. The summed E-state index contributed by atoms with van der Waals surface area (Å²) >= 11 is 0. The first kappa shape index (κ1) is 19.2. The maximum absolute atomic E-state index is 13.7. The fourth-order valence-electron chi connectivity index (χ4n) is 3.64. The molecule has 0 bridgehead atoms. The zero-order valence-corrected chi connectivity index (χ0v) is 16.2. The van der Waals surface area contributed by atoms with E-state index < -0.39 is 34.4 Å². The van der Waals surface area contributed by atoms with Crippen molar-refractivity contribution in [3.63, 3.8) is 0 Å². The standard InChI is InChI=1S/C18H22FN5O3S/c1-12-15(19)17(25)22-18(21-12)23-8-10-24(11-9-23)28(26,27)14-6-2-4-13-5-3-7-20-16(13)14/h2-7,12,15,18,21H,8-11H2,1H3,(H,22,25). The highest BCUT2D eigenvalue weighted by Gasteiger charge is 2.38. The Labute approximate surface area is 162 Å². The summed E-state index contributed by atoms with van der Waals surface area (Å²) < 4.78 is 41.4. The van der Waals surface area contributed by atoms with Crippen LogP contribution in [0.25, 0.3) is 10.9 Å². The van der Waals surface area contributed by atoms with E-state index in [2.05, 4.69) is 15.6 Å². The van der Waals surface area contributed by atoms with Crippen LogP contribution >= 0.6 is 0 Å². The number of benzene rings is 1. The molecule has 3 unspecified atom stereocenters. The van der Waals surface area contributed by atoms with Crippen LogP contribution in [-0.4, -0.2) is 73.2 Å². The average Bonchev–Trinajstić information content (AvgIpc) is 2.71. The molecule has 2 aromatic rings. The molecule has 0 saturated carbocycles. The van der Waals surface area contributed by atoms with Gasteiger partial charge in [0.05, 0.1) is 5.52 Å². The number of alkyl halides is 1. The predicted molar refractivity (Wildman–Crippen MR) is 101 cm³/mol. The lowest BCUT2D eigenvalue weighted by Crippen LogP contribution is -2.69. The summed E-state index contributed by atoms with van der Waals surface area (Å²) in [4.78, 5) is 18.1. The quantitative estimate of drug-likeness (QED) is 0.759. The van der Waals surface area contributed by atoms with Crippen LogP contribution in [0.4, 0.5) is 4.39 Å². The van der Waals surface area contributed by atoms with E-state index in [9.17, 15) is 17.6 Å². The second kappa shape index (κ2) is 7.36. The third-order valence-corrected chi connectivity index (χ3v) is 7.17. The van der Waals surface area contributed by atoms with Crippen molar-refractivity contribution in [1.29, 1.82) is 0 Å². The number of sulfonamides is 1. The minimum absolute atomic E-state index is 0.192. The number of halogens is 1. The minimum atomic E-state index is -3.70. The van der Waals surface area contributed by atoms with Crippen LogP contribution in [0.1, 0.15) is 6.92 Å². The van der Waals surface area contributed by atoms with E-state index in [-0.39, 0.29) is 18.0 Å². The monoisotopic (exact) mass is 407 g/mol. The Morgan fingerprint density at radius 1 is 1.14 bits per heavy atom. The topological polar surface area (TPSA) is 94.6 Å². The SMILES string of the molecule is CC1NC(N2CCN(S(=O)(=O)c3cccc4cccnc34)CC2)NC(=O)C1F. The number of carbonyl (C=O) groups is 1. The zero-order chi connectivity index (χ0) is 19.9. The van der Waals surface area contributed by atoms with Crippen molar-refractivity contribution in [2.24, 2.45) is 0 Å². The fourth-order valence-corrected chi connectivity index (χ4v) is 5.23. The molecule has 2 aliphatic heterocycles. The molecule has 1 aromatic heterocycles. The number of para-hydroxylation sites is 1. The Morgan fingerprint density at radius 3 is 2.57 bits per heavy atom. The smallest absolute Gasteiger partial charge is 0.258 e. The van der Waals surface area contributed by atoms with E-state index in [1.807, 2.05) is 17.0 Å². The first-order valence-corrected chi connectivity index (χ1v) is 10.6. The lowest BCUT2D eigenvalue weighted by Gasteiger charge is -2.42. The summed E-state index contributed by atoms with van der Waals surface area (Å²) in [6.45, 7) is 2.99. The van der Waals surface area contributed by atoms with Gasteiger partial charge in [-0.3, -0.25) is 20.0 Å². The Morgan fingerprint density at radius 2 is 1.86 bits per heavy atom. The average molecular weight is 407 g/mol. The summed E-state index contributed by atoms with van der Waals surface area (Å²) in [6.07, 6.45) is -0.508. The van der Waals surface area contributed by atoms with Crippen LogP contribution in [0.3, 0.4) is 0 Å². The molecule has 2 saturated heterocycles. The van der Waals surface area contributed by atoms with Gasteiger partial charge in [-0.1, -0.05) is 18.2 Å². The van der Waals surface area contributed by atoms with Gasteiger partial charge in [0.25, 0.3) is 5.91 Å². The van der Waals surface area contributed by atoms with E-state index >= 15 is 0 Å². The van der Waals surface area contributed by atoms with Crippen LogP contribution in [0.5, 0.6) is 0 Å². The Bertz CT molecular complexity index is 988. The largest absolute Gasteiger partial charge is 0.325 e. The molecule has 0 radical (unpaired) electrons. The number of pyridine rings is 1. The van der Waals surface area contributed by atoms with Crippen molar-refractivity contribution >= 4 is 26.8 Å². The van der Waals surface area contributed by atoms with Crippen LogP contribution < -0.4 is 10.6 Å². The molecule has 0 spiro atoms. The van der Waals surface area contributed by atoms with Gasteiger partial charge in [-0.25, -0.2) is 12.8 Å². The van der Waals surface area contributed by atoms with Gasteiger partial charge in [-0.15, -0.1) is 0 Å². The van der Waals surface area contributed by atoms with E-state index in [4.69, 9.17) is 0 Å². The summed E-state index contributed by atoms with van der Waals surface area (Å²) in [5.74, 6) is -0.645. The molecule has 2 N–H and O–H groups in total.